The van der Waals surface area contributed by atoms with E-state index in [1.54, 1.807) is 0 Å². The van der Waals surface area contributed by atoms with E-state index in [-0.39, 0.29) is 6.61 Å². The molecule has 0 aliphatic rings. The van der Waals surface area contributed by atoms with Gasteiger partial charge in [0.15, 0.2) is 0 Å². The molecular formula is C16H18O2. The zero-order valence-electron chi connectivity index (χ0n) is 10.5. The van der Waals surface area contributed by atoms with Crippen LogP contribution in [0.5, 0.6) is 11.5 Å². The van der Waals surface area contributed by atoms with Gasteiger partial charge < -0.3 is 9.84 Å². The molecule has 0 fully saturated rings. The van der Waals surface area contributed by atoms with Crippen LogP contribution in [-0.4, -0.2) is 11.7 Å². The minimum Gasteiger partial charge on any atom is -0.457 e. The van der Waals surface area contributed by atoms with Gasteiger partial charge in [0.25, 0.3) is 0 Å². The minimum absolute atomic E-state index is 0.213. The standard InChI is InChI=1S/C16H18O2/c1-13(10-11-17)14-6-5-9-16(12-14)18-15-7-3-2-4-8-15/h2-9,12-13,17H,10-11H2,1H3. The predicted molar refractivity (Wildman–Crippen MR) is 73.1 cm³/mol. The molecule has 0 saturated heterocycles. The Morgan fingerprint density at radius 3 is 2.44 bits per heavy atom. The Morgan fingerprint density at radius 2 is 1.72 bits per heavy atom. The van der Waals surface area contributed by atoms with Gasteiger partial charge in [0.1, 0.15) is 11.5 Å². The molecule has 2 heteroatoms. The first kappa shape index (κ1) is 12.7. The summed E-state index contributed by atoms with van der Waals surface area (Å²) in [6.07, 6.45) is 0.773. The first-order chi connectivity index (χ1) is 8.79. The maximum absolute atomic E-state index is 8.97. The SMILES string of the molecule is CC(CCO)c1cccc(Oc2ccccc2)c1. The fraction of sp³-hybridized carbons (Fsp3) is 0.250. The van der Waals surface area contributed by atoms with Crippen molar-refractivity contribution in [3.8, 4) is 11.5 Å². The third-order valence-corrected chi connectivity index (χ3v) is 2.97. The van der Waals surface area contributed by atoms with Crippen molar-refractivity contribution in [2.24, 2.45) is 0 Å². The average molecular weight is 242 g/mol. The molecule has 0 spiro atoms. The lowest BCUT2D eigenvalue weighted by atomic mass is 9.98. The zero-order chi connectivity index (χ0) is 12.8. The Balaban J connectivity index is 2.12. The van der Waals surface area contributed by atoms with Gasteiger partial charge in [0.05, 0.1) is 0 Å². The molecule has 0 aliphatic carbocycles. The van der Waals surface area contributed by atoms with Crippen molar-refractivity contribution in [2.75, 3.05) is 6.61 Å². The topological polar surface area (TPSA) is 29.5 Å². The molecule has 0 bridgehead atoms. The fourth-order valence-electron chi connectivity index (χ4n) is 1.87. The number of hydrogen-bond acceptors (Lipinski definition) is 2. The molecule has 1 unspecified atom stereocenters. The van der Waals surface area contributed by atoms with Crippen molar-refractivity contribution >= 4 is 0 Å². The molecule has 2 aromatic carbocycles. The molecule has 2 rings (SSSR count). The highest BCUT2D eigenvalue weighted by Crippen LogP contribution is 2.26. The Hall–Kier alpha value is -1.80. The second-order valence-corrected chi connectivity index (χ2v) is 4.40. The summed E-state index contributed by atoms with van der Waals surface area (Å²) < 4.78 is 5.78. The predicted octanol–water partition coefficient (Wildman–Crippen LogP) is 3.96. The zero-order valence-corrected chi connectivity index (χ0v) is 10.5. The maximum atomic E-state index is 8.97. The van der Waals surface area contributed by atoms with Crippen molar-refractivity contribution in [3.05, 3.63) is 60.2 Å². The highest BCUT2D eigenvalue weighted by Gasteiger charge is 2.06. The monoisotopic (exact) mass is 242 g/mol. The summed E-state index contributed by atoms with van der Waals surface area (Å²) in [5.74, 6) is 2.02. The van der Waals surface area contributed by atoms with Crippen molar-refractivity contribution in [1.82, 2.24) is 0 Å². The van der Waals surface area contributed by atoms with Crippen LogP contribution in [0.4, 0.5) is 0 Å². The van der Waals surface area contributed by atoms with Crippen LogP contribution in [0.15, 0.2) is 54.6 Å². The van der Waals surface area contributed by atoms with Gasteiger partial charge >= 0.3 is 0 Å². The van der Waals surface area contributed by atoms with E-state index in [1.165, 1.54) is 5.56 Å². The smallest absolute Gasteiger partial charge is 0.127 e. The molecule has 0 aromatic heterocycles. The van der Waals surface area contributed by atoms with Gasteiger partial charge in [-0.05, 0) is 42.2 Å². The first-order valence-electron chi connectivity index (χ1n) is 6.23. The summed E-state index contributed by atoms with van der Waals surface area (Å²) in [6, 6.07) is 17.8. The molecule has 18 heavy (non-hydrogen) atoms. The molecule has 2 nitrogen and oxygen atoms in total. The number of rotatable bonds is 5. The number of aliphatic hydroxyl groups is 1. The van der Waals surface area contributed by atoms with E-state index in [4.69, 9.17) is 9.84 Å². The molecular weight excluding hydrogens is 224 g/mol. The van der Waals surface area contributed by atoms with Crippen LogP contribution in [0.3, 0.4) is 0 Å². The van der Waals surface area contributed by atoms with Gasteiger partial charge in [-0.3, -0.25) is 0 Å². The minimum atomic E-state index is 0.213. The van der Waals surface area contributed by atoms with Gasteiger partial charge in [-0.2, -0.15) is 0 Å². The van der Waals surface area contributed by atoms with E-state index in [1.807, 2.05) is 48.5 Å². The summed E-state index contributed by atoms with van der Waals surface area (Å²) in [4.78, 5) is 0. The highest BCUT2D eigenvalue weighted by atomic mass is 16.5. The van der Waals surface area contributed by atoms with Gasteiger partial charge in [-0.15, -0.1) is 0 Å². The van der Waals surface area contributed by atoms with E-state index >= 15 is 0 Å². The van der Waals surface area contributed by atoms with E-state index in [9.17, 15) is 0 Å². The van der Waals surface area contributed by atoms with Gasteiger partial charge in [0, 0.05) is 6.61 Å². The second kappa shape index (κ2) is 6.22. The molecule has 2 aromatic rings. The first-order valence-corrected chi connectivity index (χ1v) is 6.23. The van der Waals surface area contributed by atoms with Crippen LogP contribution in [0, 0.1) is 0 Å². The lowest BCUT2D eigenvalue weighted by Crippen LogP contribution is -1.97. The second-order valence-electron chi connectivity index (χ2n) is 4.40. The number of ether oxygens (including phenoxy) is 1. The summed E-state index contributed by atoms with van der Waals surface area (Å²) in [5.41, 5.74) is 1.19. The normalized spacial score (nSPS) is 12.1. The maximum Gasteiger partial charge on any atom is 0.127 e. The lowest BCUT2D eigenvalue weighted by Gasteiger charge is -2.12. The van der Waals surface area contributed by atoms with E-state index < -0.39 is 0 Å². The van der Waals surface area contributed by atoms with Gasteiger partial charge in [-0.25, -0.2) is 0 Å². The van der Waals surface area contributed by atoms with Crippen molar-refractivity contribution < 1.29 is 9.84 Å². The Labute approximate surface area is 108 Å². The molecule has 94 valence electrons. The number of benzene rings is 2. The van der Waals surface area contributed by atoms with Gasteiger partial charge in [-0.1, -0.05) is 37.3 Å². The molecule has 1 atom stereocenters. The van der Waals surface area contributed by atoms with Crippen LogP contribution in [0.25, 0.3) is 0 Å². The van der Waals surface area contributed by atoms with Crippen LogP contribution in [0.2, 0.25) is 0 Å². The summed E-state index contributed by atoms with van der Waals surface area (Å²) >= 11 is 0. The highest BCUT2D eigenvalue weighted by molar-refractivity contribution is 5.35. The van der Waals surface area contributed by atoms with E-state index in [0.717, 1.165) is 17.9 Å². The van der Waals surface area contributed by atoms with Crippen LogP contribution in [0.1, 0.15) is 24.8 Å². The average Bonchev–Trinajstić information content (AvgIpc) is 2.40. The molecule has 0 radical (unpaired) electrons. The van der Waals surface area contributed by atoms with Crippen molar-refractivity contribution in [2.45, 2.75) is 19.3 Å². The Morgan fingerprint density at radius 1 is 1.00 bits per heavy atom. The summed E-state index contributed by atoms with van der Waals surface area (Å²) in [7, 11) is 0. The Kier molecular flexibility index (Phi) is 4.37. The van der Waals surface area contributed by atoms with Crippen molar-refractivity contribution in [1.29, 1.82) is 0 Å². The van der Waals surface area contributed by atoms with Crippen LogP contribution >= 0.6 is 0 Å². The Bertz CT molecular complexity index is 479. The van der Waals surface area contributed by atoms with Crippen LogP contribution in [-0.2, 0) is 0 Å². The van der Waals surface area contributed by atoms with Gasteiger partial charge in [0.2, 0.25) is 0 Å². The summed E-state index contributed by atoms with van der Waals surface area (Å²) in [6.45, 7) is 2.32. The van der Waals surface area contributed by atoms with Crippen LogP contribution < -0.4 is 4.74 Å². The largest absolute Gasteiger partial charge is 0.457 e. The number of para-hydroxylation sites is 1. The number of aliphatic hydroxyl groups excluding tert-OH is 1. The molecule has 0 aliphatic heterocycles. The van der Waals surface area contributed by atoms with Crippen molar-refractivity contribution in [3.63, 3.8) is 0 Å². The quantitative estimate of drug-likeness (QED) is 0.859. The number of hydrogen-bond donors (Lipinski definition) is 1. The summed E-state index contributed by atoms with van der Waals surface area (Å²) in [5, 5.41) is 8.97. The molecule has 0 heterocycles. The third-order valence-electron chi connectivity index (χ3n) is 2.97. The molecule has 0 amide bonds. The molecule has 0 saturated carbocycles. The van der Waals surface area contributed by atoms with E-state index in [2.05, 4.69) is 13.0 Å². The van der Waals surface area contributed by atoms with E-state index in [0.29, 0.717) is 5.92 Å². The fourth-order valence-corrected chi connectivity index (χ4v) is 1.87. The lowest BCUT2D eigenvalue weighted by molar-refractivity contribution is 0.278. The third kappa shape index (κ3) is 3.34. The molecule has 1 N–H and O–H groups in total.